The van der Waals surface area contributed by atoms with E-state index in [4.69, 9.17) is 10.5 Å². The van der Waals surface area contributed by atoms with E-state index in [0.29, 0.717) is 6.54 Å². The molecule has 1 aromatic heterocycles. The van der Waals surface area contributed by atoms with Gasteiger partial charge in [-0.3, -0.25) is 0 Å². The number of hydrogen-bond acceptors (Lipinski definition) is 4. The number of ether oxygens (including phenoxy) is 1. The number of benzene rings is 1. The first-order valence-electron chi connectivity index (χ1n) is 8.05. The second-order valence-electron chi connectivity index (χ2n) is 6.98. The van der Waals surface area contributed by atoms with Crippen LogP contribution < -0.4 is 5.73 Å². The van der Waals surface area contributed by atoms with Gasteiger partial charge in [0.15, 0.2) is 0 Å². The number of nitrogens with two attached hydrogens (primary N) is 1. The van der Waals surface area contributed by atoms with Crippen molar-refractivity contribution in [1.82, 2.24) is 4.90 Å². The molecule has 0 fully saturated rings. The van der Waals surface area contributed by atoms with Crippen LogP contribution >= 0.6 is 11.3 Å². The summed E-state index contributed by atoms with van der Waals surface area (Å²) in [7, 11) is 1.76. The Bertz CT molecular complexity index is 701. The van der Waals surface area contributed by atoms with E-state index in [9.17, 15) is 4.79 Å². The quantitative estimate of drug-likeness (QED) is 0.865. The largest absolute Gasteiger partial charge is 0.444 e. The third-order valence-corrected chi connectivity index (χ3v) is 4.79. The van der Waals surface area contributed by atoms with Gasteiger partial charge >= 0.3 is 6.09 Å². The molecule has 0 radical (unpaired) electrons. The minimum atomic E-state index is -0.495. The number of rotatable bonds is 4. The summed E-state index contributed by atoms with van der Waals surface area (Å²) >= 11 is 1.69. The van der Waals surface area contributed by atoms with Crippen molar-refractivity contribution in [2.45, 2.75) is 45.9 Å². The van der Waals surface area contributed by atoms with Crippen LogP contribution in [0, 0.1) is 0 Å². The SMILES string of the molecule is CC(N)c1ccc(-c2ccccc2CN(C)C(=O)OC(C)(C)C)s1. The summed E-state index contributed by atoms with van der Waals surface area (Å²) in [5, 5.41) is 0. The van der Waals surface area contributed by atoms with Gasteiger partial charge in [0, 0.05) is 29.4 Å². The highest BCUT2D eigenvalue weighted by Gasteiger charge is 2.20. The number of thiophene rings is 1. The Morgan fingerprint density at radius 2 is 1.92 bits per heavy atom. The van der Waals surface area contributed by atoms with Gasteiger partial charge in [-0.2, -0.15) is 0 Å². The molecule has 24 heavy (non-hydrogen) atoms. The minimum absolute atomic E-state index is 0.0281. The summed E-state index contributed by atoms with van der Waals surface area (Å²) in [5.74, 6) is 0. The third-order valence-electron chi connectivity index (χ3n) is 3.47. The topological polar surface area (TPSA) is 55.6 Å². The van der Waals surface area contributed by atoms with E-state index in [1.54, 1.807) is 23.3 Å². The van der Waals surface area contributed by atoms with Crippen molar-refractivity contribution in [3.8, 4) is 10.4 Å². The summed E-state index contributed by atoms with van der Waals surface area (Å²) in [6.45, 7) is 8.09. The zero-order chi connectivity index (χ0) is 17.9. The molecule has 130 valence electrons. The molecule has 1 atom stereocenters. The van der Waals surface area contributed by atoms with Crippen molar-refractivity contribution in [2.75, 3.05) is 7.05 Å². The first-order valence-corrected chi connectivity index (χ1v) is 8.87. The molecule has 1 heterocycles. The lowest BCUT2D eigenvalue weighted by Crippen LogP contribution is -2.33. The number of carbonyl (C=O) groups is 1. The number of nitrogens with zero attached hydrogens (tertiary/aromatic N) is 1. The molecular formula is C19H26N2O2S. The first kappa shape index (κ1) is 18.5. The highest BCUT2D eigenvalue weighted by Crippen LogP contribution is 2.33. The van der Waals surface area contributed by atoms with Crippen molar-refractivity contribution in [3.63, 3.8) is 0 Å². The maximum Gasteiger partial charge on any atom is 0.410 e. The average molecular weight is 346 g/mol. The molecule has 0 saturated heterocycles. The lowest BCUT2D eigenvalue weighted by molar-refractivity contribution is 0.0285. The van der Waals surface area contributed by atoms with E-state index in [1.165, 1.54) is 0 Å². The molecule has 2 N–H and O–H groups in total. The highest BCUT2D eigenvalue weighted by molar-refractivity contribution is 7.15. The fourth-order valence-corrected chi connectivity index (χ4v) is 3.32. The Labute approximate surface area is 148 Å². The van der Waals surface area contributed by atoms with Crippen LogP contribution in [0.25, 0.3) is 10.4 Å². The van der Waals surface area contributed by atoms with Crippen LogP contribution in [0.15, 0.2) is 36.4 Å². The standard InChI is InChI=1S/C19H26N2O2S/c1-13(20)16-10-11-17(24-16)15-9-7-6-8-14(15)12-21(5)18(22)23-19(2,3)4/h6-11,13H,12,20H2,1-5H3. The summed E-state index contributed by atoms with van der Waals surface area (Å²) in [6, 6.07) is 12.3. The van der Waals surface area contributed by atoms with Crippen molar-refractivity contribution in [1.29, 1.82) is 0 Å². The summed E-state index contributed by atoms with van der Waals surface area (Å²) < 4.78 is 5.43. The summed E-state index contributed by atoms with van der Waals surface area (Å²) in [5.41, 5.74) is 7.68. The number of amides is 1. The van der Waals surface area contributed by atoms with Crippen LogP contribution in [0.4, 0.5) is 4.79 Å². The van der Waals surface area contributed by atoms with E-state index in [-0.39, 0.29) is 12.1 Å². The second kappa shape index (κ2) is 7.36. The average Bonchev–Trinajstić information content (AvgIpc) is 2.96. The van der Waals surface area contributed by atoms with E-state index in [1.807, 2.05) is 45.9 Å². The molecule has 0 aliphatic heterocycles. The lowest BCUT2D eigenvalue weighted by Gasteiger charge is -2.25. The Hall–Kier alpha value is -1.85. The number of hydrogen-bond donors (Lipinski definition) is 1. The predicted octanol–water partition coefficient (Wildman–Crippen LogP) is 4.80. The van der Waals surface area contributed by atoms with Gasteiger partial charge in [-0.25, -0.2) is 4.79 Å². The summed E-state index contributed by atoms with van der Waals surface area (Å²) in [6.07, 6.45) is -0.320. The zero-order valence-corrected chi connectivity index (χ0v) is 15.8. The van der Waals surface area contributed by atoms with E-state index in [0.717, 1.165) is 20.9 Å². The van der Waals surface area contributed by atoms with Crippen molar-refractivity contribution >= 4 is 17.4 Å². The van der Waals surface area contributed by atoms with Crippen LogP contribution in [-0.2, 0) is 11.3 Å². The van der Waals surface area contributed by atoms with Gasteiger partial charge in [-0.15, -0.1) is 11.3 Å². The molecular weight excluding hydrogens is 320 g/mol. The Kier molecular flexibility index (Phi) is 5.67. The lowest BCUT2D eigenvalue weighted by atomic mass is 10.1. The van der Waals surface area contributed by atoms with Crippen LogP contribution in [-0.4, -0.2) is 23.6 Å². The molecule has 2 rings (SSSR count). The molecule has 5 heteroatoms. The maximum atomic E-state index is 12.2. The minimum Gasteiger partial charge on any atom is -0.444 e. The van der Waals surface area contributed by atoms with Crippen molar-refractivity contribution < 1.29 is 9.53 Å². The fraction of sp³-hybridized carbons (Fsp3) is 0.421. The van der Waals surface area contributed by atoms with E-state index in [2.05, 4.69) is 18.2 Å². The molecule has 2 aromatic rings. The smallest absolute Gasteiger partial charge is 0.410 e. The van der Waals surface area contributed by atoms with Crippen molar-refractivity contribution in [3.05, 3.63) is 46.8 Å². The second-order valence-corrected chi connectivity index (χ2v) is 8.10. The van der Waals surface area contributed by atoms with Gasteiger partial charge in [-0.05, 0) is 51.0 Å². The predicted molar refractivity (Wildman–Crippen MR) is 100 cm³/mol. The molecule has 4 nitrogen and oxygen atoms in total. The van der Waals surface area contributed by atoms with Gasteiger partial charge in [0.25, 0.3) is 0 Å². The Morgan fingerprint density at radius 1 is 1.25 bits per heavy atom. The van der Waals surface area contributed by atoms with Crippen LogP contribution in [0.2, 0.25) is 0 Å². The van der Waals surface area contributed by atoms with Gasteiger partial charge in [0.05, 0.1) is 0 Å². The Morgan fingerprint density at radius 3 is 2.50 bits per heavy atom. The summed E-state index contributed by atoms with van der Waals surface area (Å²) in [4.78, 5) is 16.1. The van der Waals surface area contributed by atoms with Crippen LogP contribution in [0.3, 0.4) is 0 Å². The molecule has 0 aliphatic rings. The molecule has 0 bridgehead atoms. The normalized spacial score (nSPS) is 12.8. The number of carbonyl (C=O) groups excluding carboxylic acids is 1. The fourth-order valence-electron chi connectivity index (χ4n) is 2.30. The Balaban J connectivity index is 2.21. The molecule has 1 aromatic carbocycles. The van der Waals surface area contributed by atoms with E-state index >= 15 is 0 Å². The first-order chi connectivity index (χ1) is 11.2. The van der Waals surface area contributed by atoms with Gasteiger partial charge < -0.3 is 15.4 Å². The van der Waals surface area contributed by atoms with E-state index < -0.39 is 5.60 Å². The van der Waals surface area contributed by atoms with Gasteiger partial charge in [-0.1, -0.05) is 24.3 Å². The van der Waals surface area contributed by atoms with Crippen molar-refractivity contribution in [2.24, 2.45) is 5.73 Å². The molecule has 1 amide bonds. The third kappa shape index (κ3) is 4.82. The van der Waals surface area contributed by atoms with Crippen LogP contribution in [0.1, 0.15) is 44.2 Å². The molecule has 0 spiro atoms. The van der Waals surface area contributed by atoms with Gasteiger partial charge in [0.1, 0.15) is 5.60 Å². The molecule has 0 aliphatic carbocycles. The van der Waals surface area contributed by atoms with Crippen LogP contribution in [0.5, 0.6) is 0 Å². The molecule has 1 unspecified atom stereocenters. The highest BCUT2D eigenvalue weighted by atomic mass is 32.1. The van der Waals surface area contributed by atoms with Gasteiger partial charge in [0.2, 0.25) is 0 Å². The zero-order valence-electron chi connectivity index (χ0n) is 15.0. The monoisotopic (exact) mass is 346 g/mol. The maximum absolute atomic E-state index is 12.2. The molecule has 0 saturated carbocycles.